The number of Topliss-reactive ketones (excluding diaryl/α,β-unsaturated/α-hetero) is 1. The van der Waals surface area contributed by atoms with Crippen LogP contribution in [-0.4, -0.2) is 10.4 Å². The number of carbonyl (C=O) groups is 1. The summed E-state index contributed by atoms with van der Waals surface area (Å²) in [4.78, 5) is 32.0. The lowest BCUT2D eigenvalue weighted by Gasteiger charge is -2.35. The molecule has 0 spiro atoms. The van der Waals surface area contributed by atoms with Crippen LogP contribution < -0.4 is 14.9 Å². The van der Waals surface area contributed by atoms with Gasteiger partial charge < -0.3 is 0 Å². The van der Waals surface area contributed by atoms with E-state index in [2.05, 4.69) is 15.9 Å². The van der Waals surface area contributed by atoms with Crippen LogP contribution in [-0.2, 0) is 4.79 Å². The molecule has 1 aromatic heterocycles. The van der Waals surface area contributed by atoms with Gasteiger partial charge in [0.1, 0.15) is 5.82 Å². The molecular formula is C25H20BrFN2O2S. The first kappa shape index (κ1) is 21.2. The monoisotopic (exact) mass is 510 g/mol. The standard InChI is InChI=1S/C25H20BrFN2O2S/c1-25(2)12-18-21(19(30)13-25)22(16-5-3-4-6-17(16)27)29-23(31)20(32-24(29)28-18)11-14-7-9-15(26)10-8-14/h3-11,22H,12-13H2,1-2H3. The van der Waals surface area contributed by atoms with Crippen LogP contribution >= 0.6 is 27.3 Å². The Bertz CT molecular complexity index is 1460. The summed E-state index contributed by atoms with van der Waals surface area (Å²) in [6.07, 6.45) is 2.76. The predicted molar refractivity (Wildman–Crippen MR) is 127 cm³/mol. The molecule has 2 heterocycles. The van der Waals surface area contributed by atoms with Crippen molar-refractivity contribution in [2.75, 3.05) is 0 Å². The van der Waals surface area contributed by atoms with Gasteiger partial charge in [-0.25, -0.2) is 9.38 Å². The number of aromatic nitrogens is 1. The van der Waals surface area contributed by atoms with E-state index in [1.54, 1.807) is 18.2 Å². The van der Waals surface area contributed by atoms with Crippen molar-refractivity contribution in [3.63, 3.8) is 0 Å². The van der Waals surface area contributed by atoms with E-state index in [4.69, 9.17) is 4.99 Å². The number of ketones is 1. The molecule has 2 aliphatic rings. The number of benzene rings is 2. The molecule has 32 heavy (non-hydrogen) atoms. The van der Waals surface area contributed by atoms with Crippen molar-refractivity contribution >= 4 is 39.1 Å². The van der Waals surface area contributed by atoms with E-state index in [-0.39, 0.29) is 16.8 Å². The van der Waals surface area contributed by atoms with E-state index < -0.39 is 11.9 Å². The van der Waals surface area contributed by atoms with Crippen LogP contribution in [0.1, 0.15) is 43.9 Å². The highest BCUT2D eigenvalue weighted by Gasteiger charge is 2.41. The SMILES string of the molecule is CC1(C)CC(=O)C2=C(C1)N=c1sc(=Cc3ccc(Br)cc3)c(=O)n1C2c1ccccc1F. The third-order valence-electron chi connectivity index (χ3n) is 5.86. The zero-order valence-corrected chi connectivity index (χ0v) is 20.0. The number of hydrogen-bond donors (Lipinski definition) is 0. The predicted octanol–water partition coefficient (Wildman–Crippen LogP) is 4.51. The second-order valence-electron chi connectivity index (χ2n) is 8.96. The first-order chi connectivity index (χ1) is 15.2. The van der Waals surface area contributed by atoms with Crippen LogP contribution in [0.25, 0.3) is 6.08 Å². The average molecular weight is 511 g/mol. The molecule has 4 nitrogen and oxygen atoms in total. The lowest BCUT2D eigenvalue weighted by molar-refractivity contribution is -0.118. The van der Waals surface area contributed by atoms with Gasteiger partial charge in [0.05, 0.1) is 16.3 Å². The van der Waals surface area contributed by atoms with Crippen LogP contribution in [0.4, 0.5) is 4.39 Å². The molecular weight excluding hydrogens is 491 g/mol. The smallest absolute Gasteiger partial charge is 0.271 e. The minimum atomic E-state index is -0.807. The van der Waals surface area contributed by atoms with Crippen molar-refractivity contribution in [2.45, 2.75) is 32.7 Å². The molecule has 3 aromatic rings. The summed E-state index contributed by atoms with van der Waals surface area (Å²) in [5.41, 5.74) is 1.80. The fraction of sp³-hybridized carbons (Fsp3) is 0.240. The highest BCUT2D eigenvalue weighted by atomic mass is 79.9. The third kappa shape index (κ3) is 3.63. The van der Waals surface area contributed by atoms with Gasteiger partial charge in [0, 0.05) is 22.0 Å². The summed E-state index contributed by atoms with van der Waals surface area (Å²) >= 11 is 4.69. The Labute approximate surface area is 196 Å². The second-order valence-corrected chi connectivity index (χ2v) is 10.9. The number of halogens is 2. The van der Waals surface area contributed by atoms with Gasteiger partial charge in [0.2, 0.25) is 0 Å². The van der Waals surface area contributed by atoms with Crippen LogP contribution in [0.3, 0.4) is 0 Å². The second kappa shape index (κ2) is 7.74. The van der Waals surface area contributed by atoms with E-state index >= 15 is 0 Å². The Morgan fingerprint density at radius 2 is 1.84 bits per heavy atom. The number of rotatable bonds is 2. The van der Waals surface area contributed by atoms with Gasteiger partial charge in [-0.15, -0.1) is 0 Å². The Morgan fingerprint density at radius 1 is 1.12 bits per heavy atom. The Hall–Kier alpha value is -2.64. The molecule has 1 atom stereocenters. The lowest BCUT2D eigenvalue weighted by atomic mass is 9.73. The maximum Gasteiger partial charge on any atom is 0.271 e. The molecule has 0 saturated heterocycles. The van der Waals surface area contributed by atoms with Gasteiger partial charge >= 0.3 is 0 Å². The molecule has 2 aromatic carbocycles. The maximum atomic E-state index is 14.9. The Kier molecular flexibility index (Phi) is 5.13. The minimum Gasteiger partial charge on any atom is -0.294 e. The molecule has 0 bridgehead atoms. The fourth-order valence-electron chi connectivity index (χ4n) is 4.45. The van der Waals surface area contributed by atoms with Gasteiger partial charge in [0.25, 0.3) is 5.56 Å². The van der Waals surface area contributed by atoms with E-state index in [0.717, 1.165) is 10.0 Å². The topological polar surface area (TPSA) is 51.4 Å². The number of carbonyl (C=O) groups excluding carboxylic acids is 1. The van der Waals surface area contributed by atoms with Gasteiger partial charge in [-0.2, -0.15) is 0 Å². The first-order valence-electron chi connectivity index (χ1n) is 10.3. The van der Waals surface area contributed by atoms with Gasteiger partial charge in [-0.1, -0.05) is 71.4 Å². The van der Waals surface area contributed by atoms with Gasteiger partial charge in [0.15, 0.2) is 10.6 Å². The first-order valence-corrected chi connectivity index (χ1v) is 11.9. The van der Waals surface area contributed by atoms with E-state index in [1.807, 2.05) is 44.2 Å². The van der Waals surface area contributed by atoms with Crippen molar-refractivity contribution in [1.29, 1.82) is 0 Å². The van der Waals surface area contributed by atoms with Crippen molar-refractivity contribution < 1.29 is 9.18 Å². The third-order valence-corrected chi connectivity index (χ3v) is 7.37. The summed E-state index contributed by atoms with van der Waals surface area (Å²) in [7, 11) is 0. The molecule has 1 aliphatic heterocycles. The van der Waals surface area contributed by atoms with Crippen molar-refractivity contribution in [3.8, 4) is 0 Å². The van der Waals surface area contributed by atoms with Crippen LogP contribution in [0.2, 0.25) is 0 Å². The Morgan fingerprint density at radius 3 is 2.56 bits per heavy atom. The molecule has 1 unspecified atom stereocenters. The molecule has 1 aliphatic carbocycles. The zero-order valence-electron chi connectivity index (χ0n) is 17.6. The highest BCUT2D eigenvalue weighted by molar-refractivity contribution is 9.10. The summed E-state index contributed by atoms with van der Waals surface area (Å²) < 4.78 is 17.9. The van der Waals surface area contributed by atoms with Crippen molar-refractivity contribution in [1.82, 2.24) is 4.57 Å². The van der Waals surface area contributed by atoms with Gasteiger partial charge in [-0.05, 0) is 41.7 Å². The number of thiazole rings is 1. The fourth-order valence-corrected chi connectivity index (χ4v) is 5.73. The van der Waals surface area contributed by atoms with Crippen molar-refractivity contribution in [2.24, 2.45) is 10.4 Å². The number of allylic oxidation sites excluding steroid dienone is 2. The number of hydrogen-bond acceptors (Lipinski definition) is 4. The molecule has 0 fully saturated rings. The summed E-state index contributed by atoms with van der Waals surface area (Å²) in [6, 6.07) is 13.2. The average Bonchev–Trinajstić information content (AvgIpc) is 3.03. The maximum absolute atomic E-state index is 14.9. The molecule has 0 radical (unpaired) electrons. The van der Waals surface area contributed by atoms with Gasteiger partial charge in [-0.3, -0.25) is 14.2 Å². The van der Waals surface area contributed by atoms with Crippen molar-refractivity contribution in [3.05, 3.63) is 101 Å². The largest absolute Gasteiger partial charge is 0.294 e. The minimum absolute atomic E-state index is 0.0737. The lowest BCUT2D eigenvalue weighted by Crippen LogP contribution is -2.42. The highest BCUT2D eigenvalue weighted by Crippen LogP contribution is 2.43. The van der Waals surface area contributed by atoms with E-state index in [9.17, 15) is 14.0 Å². The van der Waals surface area contributed by atoms with Crippen LogP contribution in [0.15, 0.2) is 74.1 Å². The molecule has 5 rings (SSSR count). The molecule has 162 valence electrons. The summed E-state index contributed by atoms with van der Waals surface area (Å²) in [5.74, 6) is -0.512. The molecule has 0 amide bonds. The van der Waals surface area contributed by atoms with E-state index in [0.29, 0.717) is 39.0 Å². The van der Waals surface area contributed by atoms with E-state index in [1.165, 1.54) is 22.0 Å². The van der Waals surface area contributed by atoms with Crippen LogP contribution in [0.5, 0.6) is 0 Å². The summed E-state index contributed by atoms with van der Waals surface area (Å²) in [5, 5.41) is 0. The summed E-state index contributed by atoms with van der Waals surface area (Å²) in [6.45, 7) is 4.07. The van der Waals surface area contributed by atoms with Crippen LogP contribution in [0, 0.1) is 11.2 Å². The normalized spacial score (nSPS) is 20.1. The quantitative estimate of drug-likeness (QED) is 0.509. The Balaban J connectivity index is 1.79. The molecule has 0 saturated carbocycles. The number of fused-ring (bicyclic) bond motifs is 1. The molecule has 0 N–H and O–H groups in total. The number of nitrogens with zero attached hydrogens (tertiary/aromatic N) is 2. The molecule has 7 heteroatoms. The zero-order chi connectivity index (χ0) is 22.6.